The molecule has 0 saturated carbocycles. The first kappa shape index (κ1) is 11.7. The van der Waals surface area contributed by atoms with Crippen molar-refractivity contribution in [3.63, 3.8) is 0 Å². The molecule has 0 N–H and O–H groups in total. The Kier molecular flexibility index (Phi) is 3.96. The predicted octanol–water partition coefficient (Wildman–Crippen LogP) is 4.02. The lowest BCUT2D eigenvalue weighted by Gasteiger charge is -2.09. The van der Waals surface area contributed by atoms with Gasteiger partial charge < -0.3 is 0 Å². The number of thioether (sulfide) groups is 1. The molecule has 1 fully saturated rings. The van der Waals surface area contributed by atoms with Crippen LogP contribution in [0.15, 0.2) is 18.2 Å². The van der Waals surface area contributed by atoms with Gasteiger partial charge in [0.15, 0.2) is 5.78 Å². The number of hydrogen-bond donors (Lipinski definition) is 0. The number of rotatable bonds is 2. The largest absolute Gasteiger partial charge is 0.293 e. The van der Waals surface area contributed by atoms with Crippen LogP contribution in [-0.4, -0.2) is 16.8 Å². The molecular formula is C11H10ClIOS. The van der Waals surface area contributed by atoms with Crippen molar-refractivity contribution < 1.29 is 4.79 Å². The Balaban J connectivity index is 2.27. The lowest BCUT2D eigenvalue weighted by Crippen LogP contribution is -2.15. The molecule has 1 aliphatic rings. The highest BCUT2D eigenvalue weighted by atomic mass is 127. The molecule has 80 valence electrons. The first-order valence-electron chi connectivity index (χ1n) is 4.79. The van der Waals surface area contributed by atoms with Crippen LogP contribution in [0.3, 0.4) is 0 Å². The van der Waals surface area contributed by atoms with Gasteiger partial charge in [-0.15, -0.1) is 0 Å². The standard InChI is InChI=1S/C11H10ClIOS/c12-7-3-4-9(13)8(6-7)11(14)10-2-1-5-15-10/h3-4,6,10H,1-2,5H2. The summed E-state index contributed by atoms with van der Waals surface area (Å²) in [6.45, 7) is 0. The molecule has 1 unspecified atom stereocenters. The fraction of sp³-hybridized carbons (Fsp3) is 0.364. The van der Waals surface area contributed by atoms with Crippen LogP contribution < -0.4 is 0 Å². The average molecular weight is 353 g/mol. The van der Waals surface area contributed by atoms with Gasteiger partial charge in [0.05, 0.1) is 5.25 Å². The van der Waals surface area contributed by atoms with Gasteiger partial charge >= 0.3 is 0 Å². The Morgan fingerprint density at radius 3 is 3.00 bits per heavy atom. The fourth-order valence-electron chi connectivity index (χ4n) is 1.64. The molecular weight excluding hydrogens is 343 g/mol. The van der Waals surface area contributed by atoms with Gasteiger partial charge in [-0.2, -0.15) is 11.8 Å². The summed E-state index contributed by atoms with van der Waals surface area (Å²) in [6, 6.07) is 5.50. The van der Waals surface area contributed by atoms with Crippen LogP contribution in [0.5, 0.6) is 0 Å². The molecule has 1 aliphatic heterocycles. The molecule has 0 amide bonds. The molecule has 1 heterocycles. The summed E-state index contributed by atoms with van der Waals surface area (Å²) in [4.78, 5) is 12.1. The van der Waals surface area contributed by atoms with E-state index in [9.17, 15) is 4.79 Å². The zero-order valence-corrected chi connectivity index (χ0v) is 11.7. The third kappa shape index (κ3) is 2.68. The van der Waals surface area contributed by atoms with E-state index in [4.69, 9.17) is 11.6 Å². The number of carbonyl (C=O) groups is 1. The van der Waals surface area contributed by atoms with Gasteiger partial charge in [0.2, 0.25) is 0 Å². The van der Waals surface area contributed by atoms with Crippen LogP contribution in [0, 0.1) is 3.57 Å². The van der Waals surface area contributed by atoms with Crippen molar-refractivity contribution in [2.24, 2.45) is 0 Å². The maximum Gasteiger partial charge on any atom is 0.176 e. The Hall–Kier alpha value is 0.260. The minimum absolute atomic E-state index is 0.150. The Bertz CT molecular complexity index is 388. The molecule has 1 nitrogen and oxygen atoms in total. The summed E-state index contributed by atoms with van der Waals surface area (Å²) >= 11 is 9.86. The molecule has 15 heavy (non-hydrogen) atoms. The lowest BCUT2D eigenvalue weighted by molar-refractivity contribution is 0.0987. The van der Waals surface area contributed by atoms with Gasteiger partial charge in [-0.25, -0.2) is 0 Å². The first-order chi connectivity index (χ1) is 7.18. The van der Waals surface area contributed by atoms with E-state index in [1.807, 2.05) is 12.1 Å². The fourth-order valence-corrected chi connectivity index (χ4v) is 3.65. The highest BCUT2D eigenvalue weighted by Crippen LogP contribution is 2.31. The molecule has 0 aliphatic carbocycles. The third-order valence-corrected chi connectivity index (χ3v) is 4.97. The highest BCUT2D eigenvalue weighted by Gasteiger charge is 2.25. The Morgan fingerprint density at radius 2 is 2.33 bits per heavy atom. The lowest BCUT2D eigenvalue weighted by atomic mass is 10.1. The smallest absolute Gasteiger partial charge is 0.176 e. The van der Waals surface area contributed by atoms with E-state index < -0.39 is 0 Å². The molecule has 4 heteroatoms. The van der Waals surface area contributed by atoms with E-state index in [-0.39, 0.29) is 11.0 Å². The van der Waals surface area contributed by atoms with Crippen molar-refractivity contribution in [3.05, 3.63) is 32.4 Å². The van der Waals surface area contributed by atoms with Crippen molar-refractivity contribution in [1.82, 2.24) is 0 Å². The second-order valence-corrected chi connectivity index (χ2v) is 6.40. The number of hydrogen-bond acceptors (Lipinski definition) is 2. The number of halogens is 2. The summed E-state index contributed by atoms with van der Waals surface area (Å²) in [5, 5.41) is 0.791. The van der Waals surface area contributed by atoms with Gasteiger partial charge in [0, 0.05) is 14.2 Å². The van der Waals surface area contributed by atoms with Crippen LogP contribution in [0.1, 0.15) is 23.2 Å². The Morgan fingerprint density at radius 1 is 1.53 bits per heavy atom. The highest BCUT2D eigenvalue weighted by molar-refractivity contribution is 14.1. The van der Waals surface area contributed by atoms with Crippen molar-refractivity contribution in [3.8, 4) is 0 Å². The first-order valence-corrected chi connectivity index (χ1v) is 7.30. The van der Waals surface area contributed by atoms with Crippen molar-refractivity contribution in [2.45, 2.75) is 18.1 Å². The van der Waals surface area contributed by atoms with Crippen LogP contribution in [-0.2, 0) is 0 Å². The summed E-state index contributed by atoms with van der Waals surface area (Å²) < 4.78 is 0.995. The molecule has 0 spiro atoms. The minimum Gasteiger partial charge on any atom is -0.293 e. The van der Waals surface area contributed by atoms with E-state index in [1.54, 1.807) is 17.8 Å². The average Bonchev–Trinajstić information content (AvgIpc) is 2.74. The molecule has 2 rings (SSSR count). The van der Waals surface area contributed by atoms with Crippen molar-refractivity contribution >= 4 is 51.7 Å². The second kappa shape index (κ2) is 5.06. The van der Waals surface area contributed by atoms with E-state index in [0.29, 0.717) is 5.02 Å². The molecule has 0 radical (unpaired) electrons. The summed E-state index contributed by atoms with van der Waals surface area (Å²) in [6.07, 6.45) is 2.16. The molecule has 0 bridgehead atoms. The second-order valence-electron chi connectivity index (χ2n) is 3.49. The zero-order chi connectivity index (χ0) is 10.8. The number of benzene rings is 1. The van der Waals surface area contributed by atoms with Crippen LogP contribution in [0.4, 0.5) is 0 Å². The van der Waals surface area contributed by atoms with Crippen LogP contribution in [0.25, 0.3) is 0 Å². The normalized spacial score (nSPS) is 20.5. The Labute approximate surface area is 112 Å². The minimum atomic E-state index is 0.150. The quantitative estimate of drug-likeness (QED) is 0.590. The zero-order valence-electron chi connectivity index (χ0n) is 8.00. The summed E-state index contributed by atoms with van der Waals surface area (Å²) in [5.74, 6) is 1.34. The summed E-state index contributed by atoms with van der Waals surface area (Å²) in [5.41, 5.74) is 0.780. The third-order valence-electron chi connectivity index (χ3n) is 2.42. The van der Waals surface area contributed by atoms with Crippen molar-refractivity contribution in [2.75, 3.05) is 5.75 Å². The number of Topliss-reactive ketones (excluding diaryl/α,β-unsaturated/α-hetero) is 1. The molecule has 1 atom stereocenters. The maximum absolute atomic E-state index is 12.1. The van der Waals surface area contributed by atoms with E-state index in [0.717, 1.165) is 27.7 Å². The molecule has 1 aromatic carbocycles. The topological polar surface area (TPSA) is 17.1 Å². The number of ketones is 1. The van der Waals surface area contributed by atoms with Crippen LogP contribution >= 0.6 is 46.0 Å². The van der Waals surface area contributed by atoms with Gasteiger partial charge in [0.1, 0.15) is 0 Å². The molecule has 1 aromatic rings. The monoisotopic (exact) mass is 352 g/mol. The number of carbonyl (C=O) groups excluding carboxylic acids is 1. The van der Waals surface area contributed by atoms with Gasteiger partial charge in [0.25, 0.3) is 0 Å². The molecule has 1 saturated heterocycles. The predicted molar refractivity (Wildman–Crippen MR) is 74.0 cm³/mol. The van der Waals surface area contributed by atoms with E-state index in [1.165, 1.54) is 0 Å². The van der Waals surface area contributed by atoms with Gasteiger partial charge in [-0.1, -0.05) is 11.6 Å². The van der Waals surface area contributed by atoms with Gasteiger partial charge in [-0.05, 0) is 59.4 Å². The SMILES string of the molecule is O=C(c1cc(Cl)ccc1I)C1CCCS1. The van der Waals surface area contributed by atoms with Crippen molar-refractivity contribution in [1.29, 1.82) is 0 Å². The molecule has 0 aromatic heterocycles. The van der Waals surface area contributed by atoms with E-state index >= 15 is 0 Å². The van der Waals surface area contributed by atoms with Gasteiger partial charge in [-0.3, -0.25) is 4.79 Å². The van der Waals surface area contributed by atoms with Crippen LogP contribution in [0.2, 0.25) is 5.02 Å². The van der Waals surface area contributed by atoms with E-state index in [2.05, 4.69) is 22.6 Å². The summed E-state index contributed by atoms with van der Waals surface area (Å²) in [7, 11) is 0. The maximum atomic E-state index is 12.1.